The molecular weight excluding hydrogens is 342 g/mol. The number of nitrogens with one attached hydrogen (secondary N) is 1. The molecule has 5 nitrogen and oxygen atoms in total. The van der Waals surface area contributed by atoms with Crippen LogP contribution in [0.1, 0.15) is 5.69 Å². The van der Waals surface area contributed by atoms with Crippen LogP contribution in [0.3, 0.4) is 0 Å². The highest BCUT2D eigenvalue weighted by Crippen LogP contribution is 2.31. The van der Waals surface area contributed by atoms with Gasteiger partial charge in [0.25, 0.3) is 0 Å². The quantitative estimate of drug-likeness (QED) is 0.908. The highest BCUT2D eigenvalue weighted by atomic mass is 35.5. The summed E-state index contributed by atoms with van der Waals surface area (Å²) in [6.45, 7) is 1.47. The molecular formula is C15H13Cl2FN4O. The van der Waals surface area contributed by atoms with Gasteiger partial charge in [-0.25, -0.2) is 14.4 Å². The molecule has 23 heavy (non-hydrogen) atoms. The van der Waals surface area contributed by atoms with E-state index >= 15 is 0 Å². The lowest BCUT2D eigenvalue weighted by Gasteiger charge is -2.21. The average molecular weight is 355 g/mol. The fourth-order valence-corrected chi connectivity index (χ4v) is 2.61. The number of pyridine rings is 1. The van der Waals surface area contributed by atoms with Gasteiger partial charge in [-0.2, -0.15) is 0 Å². The van der Waals surface area contributed by atoms with E-state index < -0.39 is 5.82 Å². The van der Waals surface area contributed by atoms with E-state index in [0.29, 0.717) is 31.3 Å². The van der Waals surface area contributed by atoms with E-state index in [-0.39, 0.29) is 10.0 Å². The standard InChI is InChI=1S/C15H13Cl2FN4O/c16-12-7-10(18)8-13(17)14(12)21-15-20-5-6-22(15)23-9-11-3-1-2-4-19-11/h1-4,7-8H,5-6,9H2,(H,20,21). The second-order valence-electron chi connectivity index (χ2n) is 4.77. The van der Waals surface area contributed by atoms with Crippen LogP contribution in [0.2, 0.25) is 10.0 Å². The molecule has 3 rings (SSSR count). The predicted molar refractivity (Wildman–Crippen MR) is 88.1 cm³/mol. The van der Waals surface area contributed by atoms with Crippen molar-refractivity contribution in [3.05, 3.63) is 58.1 Å². The first kappa shape index (κ1) is 16.0. The number of guanidine groups is 1. The van der Waals surface area contributed by atoms with Crippen molar-refractivity contribution in [2.75, 3.05) is 18.4 Å². The molecule has 8 heteroatoms. The van der Waals surface area contributed by atoms with E-state index in [9.17, 15) is 4.39 Å². The number of aliphatic imine (C=N–C) groups is 1. The van der Waals surface area contributed by atoms with Crippen molar-refractivity contribution in [2.24, 2.45) is 4.99 Å². The molecule has 1 aromatic heterocycles. The van der Waals surface area contributed by atoms with E-state index in [1.807, 2.05) is 18.2 Å². The Labute approximate surface area is 142 Å². The smallest absolute Gasteiger partial charge is 0.223 e. The molecule has 0 fully saturated rings. The Morgan fingerprint density at radius 3 is 2.74 bits per heavy atom. The number of nitrogens with zero attached hydrogens (tertiary/aromatic N) is 3. The Bertz CT molecular complexity index is 704. The Morgan fingerprint density at radius 2 is 2.04 bits per heavy atom. The molecule has 1 N–H and O–H groups in total. The van der Waals surface area contributed by atoms with Crippen LogP contribution in [-0.4, -0.2) is 29.1 Å². The highest BCUT2D eigenvalue weighted by Gasteiger charge is 2.20. The molecule has 2 heterocycles. The summed E-state index contributed by atoms with van der Waals surface area (Å²) in [6, 6.07) is 7.97. The van der Waals surface area contributed by atoms with Crippen molar-refractivity contribution in [1.29, 1.82) is 0 Å². The molecule has 120 valence electrons. The molecule has 1 aliphatic heterocycles. The Morgan fingerprint density at radius 1 is 1.26 bits per heavy atom. The van der Waals surface area contributed by atoms with E-state index in [4.69, 9.17) is 28.0 Å². The van der Waals surface area contributed by atoms with Crippen LogP contribution in [-0.2, 0) is 11.4 Å². The van der Waals surface area contributed by atoms with Gasteiger partial charge >= 0.3 is 0 Å². The van der Waals surface area contributed by atoms with Crippen molar-refractivity contribution >= 4 is 34.8 Å². The van der Waals surface area contributed by atoms with Crippen molar-refractivity contribution in [2.45, 2.75) is 6.61 Å². The predicted octanol–water partition coefficient (Wildman–Crippen LogP) is 3.74. The zero-order chi connectivity index (χ0) is 16.2. The second-order valence-corrected chi connectivity index (χ2v) is 5.59. The normalized spacial score (nSPS) is 14.0. The molecule has 0 unspecified atom stereocenters. The lowest BCUT2D eigenvalue weighted by atomic mass is 10.3. The maximum Gasteiger partial charge on any atom is 0.223 e. The maximum atomic E-state index is 13.2. The third-order valence-corrected chi connectivity index (χ3v) is 3.74. The largest absolute Gasteiger partial charge is 0.322 e. The minimum absolute atomic E-state index is 0.175. The molecule has 0 spiro atoms. The van der Waals surface area contributed by atoms with E-state index in [1.54, 1.807) is 11.3 Å². The molecule has 1 aromatic carbocycles. The van der Waals surface area contributed by atoms with Gasteiger partial charge in [0.1, 0.15) is 12.4 Å². The number of rotatable bonds is 4. The fraction of sp³-hybridized carbons (Fsp3) is 0.200. The van der Waals surface area contributed by atoms with Gasteiger partial charge < -0.3 is 5.32 Å². The highest BCUT2D eigenvalue weighted by molar-refractivity contribution is 6.39. The first-order chi connectivity index (χ1) is 11.1. The summed E-state index contributed by atoms with van der Waals surface area (Å²) in [5.41, 5.74) is 1.19. The number of aromatic nitrogens is 1. The Kier molecular flexibility index (Phi) is 4.95. The SMILES string of the molecule is Fc1cc(Cl)c(NC2=NCCN2OCc2ccccn2)c(Cl)c1. The number of benzene rings is 1. The average Bonchev–Trinajstić information content (AvgIpc) is 2.97. The van der Waals surface area contributed by atoms with Crippen LogP contribution < -0.4 is 5.32 Å². The maximum absolute atomic E-state index is 13.2. The first-order valence-electron chi connectivity index (χ1n) is 6.90. The second kappa shape index (κ2) is 7.12. The van der Waals surface area contributed by atoms with E-state index in [1.165, 1.54) is 12.1 Å². The minimum atomic E-state index is -0.498. The summed E-state index contributed by atoms with van der Waals surface area (Å²) < 4.78 is 13.2. The molecule has 1 aliphatic rings. The lowest BCUT2D eigenvalue weighted by molar-refractivity contribution is -0.104. The third-order valence-electron chi connectivity index (χ3n) is 3.14. The number of hydrogen-bond donors (Lipinski definition) is 1. The summed E-state index contributed by atoms with van der Waals surface area (Å²) in [4.78, 5) is 14.2. The summed E-state index contributed by atoms with van der Waals surface area (Å²) in [5.74, 6) is -0.0292. The summed E-state index contributed by atoms with van der Waals surface area (Å²) >= 11 is 12.0. The zero-order valence-electron chi connectivity index (χ0n) is 12.0. The van der Waals surface area contributed by atoms with Crippen LogP contribution in [0.4, 0.5) is 10.1 Å². The van der Waals surface area contributed by atoms with Gasteiger partial charge in [0.2, 0.25) is 5.96 Å². The van der Waals surface area contributed by atoms with E-state index in [2.05, 4.69) is 15.3 Å². The zero-order valence-corrected chi connectivity index (χ0v) is 13.5. The summed E-state index contributed by atoms with van der Waals surface area (Å²) in [5, 5.41) is 4.94. The van der Waals surface area contributed by atoms with Gasteiger partial charge in [-0.3, -0.25) is 9.82 Å². The van der Waals surface area contributed by atoms with Crippen molar-refractivity contribution in [3.8, 4) is 0 Å². The van der Waals surface area contributed by atoms with Crippen molar-refractivity contribution in [1.82, 2.24) is 10.0 Å². The number of hydrogen-bond acceptors (Lipinski definition) is 5. The topological polar surface area (TPSA) is 49.8 Å². The monoisotopic (exact) mass is 354 g/mol. The fourth-order valence-electron chi connectivity index (χ4n) is 2.06. The van der Waals surface area contributed by atoms with Gasteiger partial charge in [-0.15, -0.1) is 0 Å². The van der Waals surface area contributed by atoms with Crippen molar-refractivity contribution in [3.63, 3.8) is 0 Å². The van der Waals surface area contributed by atoms with E-state index in [0.717, 1.165) is 5.69 Å². The number of hydroxylamine groups is 2. The van der Waals surface area contributed by atoms with Crippen LogP contribution in [0, 0.1) is 5.82 Å². The third kappa shape index (κ3) is 3.90. The molecule has 0 aliphatic carbocycles. The summed E-state index contributed by atoms with van der Waals surface area (Å²) in [7, 11) is 0. The molecule has 0 bridgehead atoms. The van der Waals surface area contributed by atoms with Gasteiger partial charge in [0.15, 0.2) is 0 Å². The molecule has 0 amide bonds. The van der Waals surface area contributed by atoms with Crippen LogP contribution >= 0.6 is 23.2 Å². The molecule has 0 atom stereocenters. The van der Waals surface area contributed by atoms with Crippen LogP contribution in [0.5, 0.6) is 0 Å². The van der Waals surface area contributed by atoms with Crippen LogP contribution in [0.25, 0.3) is 0 Å². The summed E-state index contributed by atoms with van der Waals surface area (Å²) in [6.07, 6.45) is 1.70. The van der Waals surface area contributed by atoms with Gasteiger partial charge in [0.05, 0.1) is 34.5 Å². The molecule has 2 aromatic rings. The molecule has 0 radical (unpaired) electrons. The lowest BCUT2D eigenvalue weighted by Crippen LogP contribution is -2.33. The Hall–Kier alpha value is -1.89. The van der Waals surface area contributed by atoms with Crippen LogP contribution in [0.15, 0.2) is 41.5 Å². The number of anilines is 1. The molecule has 0 saturated heterocycles. The van der Waals surface area contributed by atoms with Gasteiger partial charge in [-0.1, -0.05) is 29.3 Å². The van der Waals surface area contributed by atoms with Gasteiger partial charge in [-0.05, 0) is 24.3 Å². The van der Waals surface area contributed by atoms with Crippen molar-refractivity contribution < 1.29 is 9.23 Å². The minimum Gasteiger partial charge on any atom is -0.322 e. The first-order valence-corrected chi connectivity index (χ1v) is 7.65. The number of halogens is 3. The Balaban J connectivity index is 1.68. The molecule has 0 saturated carbocycles. The van der Waals surface area contributed by atoms with Gasteiger partial charge in [0, 0.05) is 6.20 Å².